The molecule has 0 radical (unpaired) electrons. The minimum absolute atomic E-state index is 0.00789. The van der Waals surface area contributed by atoms with Gasteiger partial charge >= 0.3 is 5.97 Å². The van der Waals surface area contributed by atoms with Gasteiger partial charge in [-0.2, -0.15) is 0 Å². The first-order valence-corrected chi connectivity index (χ1v) is 6.08. The topological polar surface area (TPSA) is 75.6 Å². The SMILES string of the molecule is CCCC(CCC)C(=O)N[C@@H](COC)C(=O)O. The zero-order valence-corrected chi connectivity index (χ0v) is 10.9. The van der Waals surface area contributed by atoms with Crippen LogP contribution >= 0.6 is 0 Å². The molecule has 0 aromatic rings. The molecule has 0 aromatic carbocycles. The van der Waals surface area contributed by atoms with E-state index in [9.17, 15) is 9.59 Å². The van der Waals surface area contributed by atoms with E-state index in [0.29, 0.717) is 0 Å². The van der Waals surface area contributed by atoms with Crippen LogP contribution in [0.4, 0.5) is 0 Å². The van der Waals surface area contributed by atoms with Crippen molar-refractivity contribution in [1.82, 2.24) is 5.32 Å². The number of carbonyl (C=O) groups is 2. The Kier molecular flexibility index (Phi) is 8.40. The smallest absolute Gasteiger partial charge is 0.328 e. The maximum atomic E-state index is 11.9. The van der Waals surface area contributed by atoms with Crippen molar-refractivity contribution in [3.8, 4) is 0 Å². The molecule has 0 fully saturated rings. The highest BCUT2D eigenvalue weighted by atomic mass is 16.5. The molecule has 1 atom stereocenters. The average molecular weight is 245 g/mol. The predicted octanol–water partition coefficient (Wildman–Crippen LogP) is 1.42. The first-order chi connectivity index (χ1) is 8.06. The Morgan fingerprint density at radius 3 is 2.12 bits per heavy atom. The van der Waals surface area contributed by atoms with Gasteiger partial charge in [-0.1, -0.05) is 26.7 Å². The predicted molar refractivity (Wildman–Crippen MR) is 64.7 cm³/mol. The number of nitrogens with one attached hydrogen (secondary N) is 1. The number of amides is 1. The van der Waals surface area contributed by atoms with E-state index < -0.39 is 12.0 Å². The third-order valence-corrected chi connectivity index (χ3v) is 2.59. The summed E-state index contributed by atoms with van der Waals surface area (Å²) in [5.74, 6) is -1.34. The molecule has 1 amide bonds. The number of carbonyl (C=O) groups excluding carboxylic acids is 1. The van der Waals surface area contributed by atoms with E-state index in [-0.39, 0.29) is 18.4 Å². The molecule has 5 heteroatoms. The lowest BCUT2D eigenvalue weighted by atomic mass is 9.97. The van der Waals surface area contributed by atoms with Gasteiger partial charge < -0.3 is 15.2 Å². The number of hydrogen-bond acceptors (Lipinski definition) is 3. The van der Waals surface area contributed by atoms with Crippen LogP contribution in [0.5, 0.6) is 0 Å². The molecule has 0 aliphatic heterocycles. The zero-order chi connectivity index (χ0) is 13.3. The Morgan fingerprint density at radius 2 is 1.76 bits per heavy atom. The second-order valence-corrected chi connectivity index (χ2v) is 4.13. The minimum atomic E-state index is -1.06. The lowest BCUT2D eigenvalue weighted by Crippen LogP contribution is -2.46. The quantitative estimate of drug-likeness (QED) is 0.644. The summed E-state index contributed by atoms with van der Waals surface area (Å²) >= 11 is 0. The molecule has 0 heterocycles. The summed E-state index contributed by atoms with van der Waals surface area (Å²) in [5.41, 5.74) is 0. The molecule has 5 nitrogen and oxygen atoms in total. The van der Waals surface area contributed by atoms with E-state index in [2.05, 4.69) is 5.32 Å². The maximum Gasteiger partial charge on any atom is 0.328 e. The standard InChI is InChI=1S/C12H23NO4/c1-4-6-9(7-5-2)11(14)13-10(8-17-3)12(15)16/h9-10H,4-8H2,1-3H3,(H,13,14)(H,15,16)/t10-/m0/s1. The molecule has 2 N–H and O–H groups in total. The minimum Gasteiger partial charge on any atom is -0.480 e. The van der Waals surface area contributed by atoms with Crippen LogP contribution < -0.4 is 5.32 Å². The second kappa shape index (κ2) is 8.98. The molecule has 0 aliphatic rings. The molecule has 0 aliphatic carbocycles. The van der Waals surface area contributed by atoms with Crippen LogP contribution in [-0.2, 0) is 14.3 Å². The fourth-order valence-electron chi connectivity index (χ4n) is 1.73. The Hall–Kier alpha value is -1.10. The lowest BCUT2D eigenvalue weighted by molar-refractivity contribution is -0.144. The van der Waals surface area contributed by atoms with Gasteiger partial charge in [0.25, 0.3) is 0 Å². The van der Waals surface area contributed by atoms with Crippen molar-refractivity contribution >= 4 is 11.9 Å². The number of hydrogen-bond donors (Lipinski definition) is 2. The van der Waals surface area contributed by atoms with Crippen molar-refractivity contribution in [2.45, 2.75) is 45.6 Å². The van der Waals surface area contributed by atoms with Crippen LogP contribution in [0.2, 0.25) is 0 Å². The van der Waals surface area contributed by atoms with Crippen LogP contribution in [0.3, 0.4) is 0 Å². The third kappa shape index (κ3) is 6.26. The Morgan fingerprint density at radius 1 is 1.24 bits per heavy atom. The third-order valence-electron chi connectivity index (χ3n) is 2.59. The van der Waals surface area contributed by atoms with E-state index in [1.54, 1.807) is 0 Å². The summed E-state index contributed by atoms with van der Waals surface area (Å²) in [6.07, 6.45) is 3.41. The number of aliphatic carboxylic acids is 1. The van der Waals surface area contributed by atoms with E-state index in [1.165, 1.54) is 7.11 Å². The summed E-state index contributed by atoms with van der Waals surface area (Å²) < 4.78 is 4.77. The molecule has 0 saturated carbocycles. The number of carboxylic acid groups (broad SMARTS) is 1. The molecule has 17 heavy (non-hydrogen) atoms. The molecule has 0 saturated heterocycles. The van der Waals surface area contributed by atoms with Gasteiger partial charge in [0.05, 0.1) is 6.61 Å². The van der Waals surface area contributed by atoms with Crippen LogP contribution in [0.15, 0.2) is 0 Å². The van der Waals surface area contributed by atoms with Gasteiger partial charge in [-0.3, -0.25) is 4.79 Å². The highest BCUT2D eigenvalue weighted by Crippen LogP contribution is 2.13. The van der Waals surface area contributed by atoms with Gasteiger partial charge in [-0.25, -0.2) is 4.79 Å². The van der Waals surface area contributed by atoms with Crippen molar-refractivity contribution in [3.05, 3.63) is 0 Å². The summed E-state index contributed by atoms with van der Waals surface area (Å²) in [4.78, 5) is 22.8. The maximum absolute atomic E-state index is 11.9. The highest BCUT2D eigenvalue weighted by Gasteiger charge is 2.24. The van der Waals surface area contributed by atoms with Crippen LogP contribution in [-0.4, -0.2) is 36.7 Å². The Bertz CT molecular complexity index is 237. The van der Waals surface area contributed by atoms with Gasteiger partial charge in [0, 0.05) is 13.0 Å². The first kappa shape index (κ1) is 15.9. The summed E-state index contributed by atoms with van der Waals surface area (Å²) in [7, 11) is 1.41. The molecule has 0 bridgehead atoms. The van der Waals surface area contributed by atoms with Crippen LogP contribution in [0, 0.1) is 5.92 Å². The highest BCUT2D eigenvalue weighted by molar-refractivity contribution is 5.85. The fourth-order valence-corrected chi connectivity index (χ4v) is 1.73. The first-order valence-electron chi connectivity index (χ1n) is 6.08. The number of ether oxygens (including phenoxy) is 1. The van der Waals surface area contributed by atoms with Gasteiger partial charge in [-0.05, 0) is 12.8 Å². The van der Waals surface area contributed by atoms with Crippen molar-refractivity contribution in [3.63, 3.8) is 0 Å². The summed E-state index contributed by atoms with van der Waals surface area (Å²) in [5, 5.41) is 11.4. The largest absolute Gasteiger partial charge is 0.480 e. The summed E-state index contributed by atoms with van der Waals surface area (Å²) in [6, 6.07) is -0.955. The van der Waals surface area contributed by atoms with Crippen LogP contribution in [0.1, 0.15) is 39.5 Å². The Labute approximate surface area is 103 Å². The van der Waals surface area contributed by atoms with Gasteiger partial charge in [0.15, 0.2) is 6.04 Å². The van der Waals surface area contributed by atoms with E-state index in [1.807, 2.05) is 13.8 Å². The molecule has 0 unspecified atom stereocenters. The van der Waals surface area contributed by atoms with E-state index in [4.69, 9.17) is 9.84 Å². The van der Waals surface area contributed by atoms with Gasteiger partial charge in [0.2, 0.25) is 5.91 Å². The zero-order valence-electron chi connectivity index (χ0n) is 10.9. The van der Waals surface area contributed by atoms with Crippen molar-refractivity contribution in [2.24, 2.45) is 5.92 Å². The molecule has 0 rings (SSSR count). The molecule has 0 spiro atoms. The van der Waals surface area contributed by atoms with Crippen LogP contribution in [0.25, 0.3) is 0 Å². The normalized spacial score (nSPS) is 12.5. The summed E-state index contributed by atoms with van der Waals surface area (Å²) in [6.45, 7) is 4.02. The van der Waals surface area contributed by atoms with Crippen molar-refractivity contribution in [2.75, 3.05) is 13.7 Å². The molecular formula is C12H23NO4. The number of rotatable bonds is 9. The molecule has 100 valence electrons. The lowest BCUT2D eigenvalue weighted by Gasteiger charge is -2.19. The second-order valence-electron chi connectivity index (χ2n) is 4.13. The van der Waals surface area contributed by atoms with Crippen molar-refractivity contribution in [1.29, 1.82) is 0 Å². The molecule has 0 aromatic heterocycles. The molecular weight excluding hydrogens is 222 g/mol. The number of carboxylic acids is 1. The van der Waals surface area contributed by atoms with E-state index >= 15 is 0 Å². The fraction of sp³-hybridized carbons (Fsp3) is 0.833. The van der Waals surface area contributed by atoms with E-state index in [0.717, 1.165) is 25.7 Å². The van der Waals surface area contributed by atoms with Crippen molar-refractivity contribution < 1.29 is 19.4 Å². The average Bonchev–Trinajstić information content (AvgIpc) is 2.28. The van der Waals surface area contributed by atoms with Gasteiger partial charge in [-0.15, -0.1) is 0 Å². The number of methoxy groups -OCH3 is 1. The van der Waals surface area contributed by atoms with Gasteiger partial charge in [0.1, 0.15) is 0 Å². The monoisotopic (exact) mass is 245 g/mol. The Balaban J connectivity index is 4.38.